The lowest BCUT2D eigenvalue weighted by molar-refractivity contribution is 0.305. The summed E-state index contributed by atoms with van der Waals surface area (Å²) in [5.41, 5.74) is 9.93. The van der Waals surface area contributed by atoms with Gasteiger partial charge < -0.3 is 10.5 Å². The van der Waals surface area contributed by atoms with Crippen molar-refractivity contribution >= 4 is 21.4 Å². The van der Waals surface area contributed by atoms with Gasteiger partial charge in [-0.15, -0.1) is 11.3 Å². The second-order valence-electron chi connectivity index (χ2n) is 5.51. The maximum absolute atomic E-state index is 6.13. The zero-order valence-corrected chi connectivity index (χ0v) is 12.5. The highest BCUT2D eigenvalue weighted by Crippen LogP contribution is 2.36. The Balaban J connectivity index is 1.61. The molecule has 3 aromatic rings. The molecule has 1 heterocycles. The number of thiophene rings is 1. The van der Waals surface area contributed by atoms with Gasteiger partial charge in [0.1, 0.15) is 12.4 Å². The number of benzene rings is 2. The number of rotatable bonds is 3. The van der Waals surface area contributed by atoms with Gasteiger partial charge >= 0.3 is 0 Å². The maximum Gasteiger partial charge on any atom is 0.123 e. The fourth-order valence-corrected chi connectivity index (χ4v) is 4.04. The van der Waals surface area contributed by atoms with Gasteiger partial charge in [-0.3, -0.25) is 0 Å². The molecular weight excluding hydrogens is 278 g/mol. The Morgan fingerprint density at radius 3 is 3.00 bits per heavy atom. The monoisotopic (exact) mass is 295 g/mol. The predicted octanol–water partition coefficient (Wildman–Crippen LogP) is 4.43. The van der Waals surface area contributed by atoms with Crippen molar-refractivity contribution < 1.29 is 4.74 Å². The van der Waals surface area contributed by atoms with E-state index in [9.17, 15) is 0 Å². The van der Waals surface area contributed by atoms with Gasteiger partial charge in [-0.05, 0) is 46.9 Å². The highest BCUT2D eigenvalue weighted by Gasteiger charge is 2.22. The van der Waals surface area contributed by atoms with E-state index >= 15 is 0 Å². The first-order chi connectivity index (χ1) is 10.3. The average molecular weight is 295 g/mol. The van der Waals surface area contributed by atoms with Crippen LogP contribution in [-0.2, 0) is 13.0 Å². The first kappa shape index (κ1) is 12.9. The van der Waals surface area contributed by atoms with E-state index in [-0.39, 0.29) is 6.04 Å². The molecule has 0 saturated heterocycles. The normalized spacial score (nSPS) is 17.1. The fourth-order valence-electron chi connectivity index (χ4n) is 3.09. The van der Waals surface area contributed by atoms with Crippen molar-refractivity contribution in [1.82, 2.24) is 0 Å². The third-order valence-electron chi connectivity index (χ3n) is 4.22. The molecule has 1 aliphatic rings. The Labute approximate surface area is 128 Å². The topological polar surface area (TPSA) is 35.2 Å². The maximum atomic E-state index is 6.13. The molecule has 4 rings (SSSR count). The molecule has 106 valence electrons. The van der Waals surface area contributed by atoms with Crippen molar-refractivity contribution in [2.45, 2.75) is 25.5 Å². The minimum Gasteiger partial charge on any atom is -0.489 e. The Kier molecular flexibility index (Phi) is 3.17. The van der Waals surface area contributed by atoms with Crippen LogP contribution in [0, 0.1) is 0 Å². The third-order valence-corrected chi connectivity index (χ3v) is 5.23. The minimum atomic E-state index is 0.172. The van der Waals surface area contributed by atoms with E-state index in [1.165, 1.54) is 26.8 Å². The van der Waals surface area contributed by atoms with Crippen LogP contribution in [0.15, 0.2) is 47.8 Å². The van der Waals surface area contributed by atoms with Crippen LogP contribution in [0.5, 0.6) is 5.75 Å². The summed E-state index contributed by atoms with van der Waals surface area (Å²) in [6, 6.07) is 14.9. The van der Waals surface area contributed by atoms with E-state index in [0.29, 0.717) is 6.61 Å². The lowest BCUT2D eigenvalue weighted by Gasteiger charge is -2.11. The summed E-state index contributed by atoms with van der Waals surface area (Å²) < 4.78 is 7.42. The number of hydrogen-bond donors (Lipinski definition) is 1. The minimum absolute atomic E-state index is 0.172. The lowest BCUT2D eigenvalue weighted by atomic mass is 10.1. The molecule has 1 atom stereocenters. The molecular formula is C18H17NOS. The standard InChI is InChI=1S/C18H17NOS/c19-16-9-8-15-14(16)5-3-6-17(15)20-10-12-11-21-18-7-2-1-4-13(12)18/h1-7,11,16H,8-10,19H2. The van der Waals surface area contributed by atoms with Gasteiger partial charge in [0.05, 0.1) is 0 Å². The molecule has 2 aromatic carbocycles. The van der Waals surface area contributed by atoms with Crippen LogP contribution in [-0.4, -0.2) is 0 Å². The Bertz CT molecular complexity index is 793. The van der Waals surface area contributed by atoms with E-state index < -0.39 is 0 Å². The Morgan fingerprint density at radius 2 is 2.05 bits per heavy atom. The largest absolute Gasteiger partial charge is 0.489 e. The molecule has 0 saturated carbocycles. The molecule has 0 amide bonds. The molecule has 0 aliphatic heterocycles. The number of ether oxygens (including phenoxy) is 1. The summed E-state index contributed by atoms with van der Waals surface area (Å²) in [6.07, 6.45) is 2.05. The summed E-state index contributed by atoms with van der Waals surface area (Å²) in [7, 11) is 0. The first-order valence-corrected chi connectivity index (χ1v) is 8.16. The average Bonchev–Trinajstić information content (AvgIpc) is 3.10. The quantitative estimate of drug-likeness (QED) is 0.776. The van der Waals surface area contributed by atoms with Crippen molar-refractivity contribution in [3.05, 3.63) is 64.5 Å². The van der Waals surface area contributed by atoms with Crippen LogP contribution in [0.4, 0.5) is 0 Å². The second-order valence-corrected chi connectivity index (χ2v) is 6.43. The van der Waals surface area contributed by atoms with Gasteiger partial charge in [0, 0.05) is 16.3 Å². The van der Waals surface area contributed by atoms with Crippen LogP contribution >= 0.6 is 11.3 Å². The van der Waals surface area contributed by atoms with Gasteiger partial charge in [0.25, 0.3) is 0 Å². The molecule has 1 aliphatic carbocycles. The summed E-state index contributed by atoms with van der Waals surface area (Å²) in [4.78, 5) is 0. The van der Waals surface area contributed by atoms with Crippen molar-refractivity contribution in [2.24, 2.45) is 5.73 Å². The second kappa shape index (κ2) is 5.17. The van der Waals surface area contributed by atoms with Crippen molar-refractivity contribution in [1.29, 1.82) is 0 Å². The van der Waals surface area contributed by atoms with Crippen LogP contribution < -0.4 is 10.5 Å². The Hall–Kier alpha value is -1.84. The number of nitrogens with two attached hydrogens (primary N) is 1. The van der Waals surface area contributed by atoms with Crippen molar-refractivity contribution in [3.63, 3.8) is 0 Å². The molecule has 1 aromatic heterocycles. The lowest BCUT2D eigenvalue weighted by Crippen LogP contribution is -2.05. The highest BCUT2D eigenvalue weighted by molar-refractivity contribution is 7.17. The van der Waals surface area contributed by atoms with Crippen LogP contribution in [0.1, 0.15) is 29.2 Å². The summed E-state index contributed by atoms with van der Waals surface area (Å²) >= 11 is 1.77. The fraction of sp³-hybridized carbons (Fsp3) is 0.222. The molecule has 0 radical (unpaired) electrons. The molecule has 1 unspecified atom stereocenters. The number of hydrogen-bond acceptors (Lipinski definition) is 3. The first-order valence-electron chi connectivity index (χ1n) is 7.28. The zero-order valence-electron chi connectivity index (χ0n) is 11.7. The van der Waals surface area contributed by atoms with Gasteiger partial charge in [-0.1, -0.05) is 30.3 Å². The van der Waals surface area contributed by atoms with Gasteiger partial charge in [0.15, 0.2) is 0 Å². The molecule has 21 heavy (non-hydrogen) atoms. The third kappa shape index (κ3) is 2.23. The zero-order chi connectivity index (χ0) is 14.2. The predicted molar refractivity (Wildman–Crippen MR) is 87.8 cm³/mol. The highest BCUT2D eigenvalue weighted by atomic mass is 32.1. The molecule has 0 fully saturated rings. The number of fused-ring (bicyclic) bond motifs is 2. The van der Waals surface area contributed by atoms with E-state index in [2.05, 4.69) is 41.8 Å². The van der Waals surface area contributed by atoms with E-state index in [4.69, 9.17) is 10.5 Å². The Morgan fingerprint density at radius 1 is 1.14 bits per heavy atom. The smallest absolute Gasteiger partial charge is 0.123 e. The summed E-state index contributed by atoms with van der Waals surface area (Å²) in [5.74, 6) is 0.996. The van der Waals surface area contributed by atoms with E-state index in [0.717, 1.165) is 18.6 Å². The van der Waals surface area contributed by atoms with Crippen LogP contribution in [0.2, 0.25) is 0 Å². The molecule has 2 nitrogen and oxygen atoms in total. The molecule has 3 heteroatoms. The SMILES string of the molecule is NC1CCc2c(OCc3csc4ccccc34)cccc21. The molecule has 2 N–H and O–H groups in total. The summed E-state index contributed by atoms with van der Waals surface area (Å²) in [6.45, 7) is 0.621. The van der Waals surface area contributed by atoms with E-state index in [1.807, 2.05) is 6.07 Å². The van der Waals surface area contributed by atoms with Crippen molar-refractivity contribution in [3.8, 4) is 5.75 Å². The van der Waals surface area contributed by atoms with Gasteiger partial charge in [0.2, 0.25) is 0 Å². The van der Waals surface area contributed by atoms with E-state index in [1.54, 1.807) is 11.3 Å². The molecule has 0 bridgehead atoms. The molecule has 0 spiro atoms. The summed E-state index contributed by atoms with van der Waals surface area (Å²) in [5, 5.41) is 3.49. The van der Waals surface area contributed by atoms with Crippen LogP contribution in [0.25, 0.3) is 10.1 Å². The van der Waals surface area contributed by atoms with Crippen molar-refractivity contribution in [2.75, 3.05) is 0 Å². The van der Waals surface area contributed by atoms with Gasteiger partial charge in [-0.2, -0.15) is 0 Å². The van der Waals surface area contributed by atoms with Gasteiger partial charge in [-0.25, -0.2) is 0 Å². The van der Waals surface area contributed by atoms with Crippen LogP contribution in [0.3, 0.4) is 0 Å².